The van der Waals surface area contributed by atoms with E-state index >= 15 is 0 Å². The number of hydrogen-bond donors (Lipinski definition) is 2. The van der Waals surface area contributed by atoms with E-state index in [1.54, 1.807) is 11.6 Å². The summed E-state index contributed by atoms with van der Waals surface area (Å²) in [4.78, 5) is 15.1. The number of hydrazone groups is 1. The molecule has 1 aromatic heterocycles. The lowest BCUT2D eigenvalue weighted by Crippen LogP contribution is -2.05. The number of nitrogens with one attached hydrogen (secondary N) is 1. The molecule has 3 N–H and O–H groups in total. The number of aryl methyl sites for hydroxylation is 2. The number of thiazole rings is 1. The summed E-state index contributed by atoms with van der Waals surface area (Å²) < 4.78 is 5.19. The molecular formula is C14H16N4O2S. The Morgan fingerprint density at radius 1 is 1.43 bits per heavy atom. The van der Waals surface area contributed by atoms with Gasteiger partial charge in [0.15, 0.2) is 0 Å². The van der Waals surface area contributed by atoms with E-state index in [4.69, 9.17) is 10.5 Å². The van der Waals surface area contributed by atoms with Crippen LogP contribution in [-0.4, -0.2) is 17.2 Å². The third kappa shape index (κ3) is 4.03. The summed E-state index contributed by atoms with van der Waals surface area (Å²) in [6.45, 7) is 5.16. The van der Waals surface area contributed by atoms with Gasteiger partial charge in [-0.2, -0.15) is 5.10 Å². The van der Waals surface area contributed by atoms with Gasteiger partial charge >= 0.3 is 5.97 Å². The minimum atomic E-state index is -0.328. The number of anilines is 2. The highest BCUT2D eigenvalue weighted by Crippen LogP contribution is 2.24. The maximum Gasteiger partial charge on any atom is 0.308 e. The quantitative estimate of drug-likeness (QED) is 0.392. The largest absolute Gasteiger partial charge is 0.426 e. The summed E-state index contributed by atoms with van der Waals surface area (Å²) >= 11 is 1.38. The first-order chi connectivity index (χ1) is 9.95. The molecule has 0 saturated carbocycles. The highest BCUT2D eigenvalue weighted by Gasteiger charge is 2.08. The number of nitrogens with zero attached hydrogens (tertiary/aromatic N) is 2. The molecule has 0 spiro atoms. The van der Waals surface area contributed by atoms with Crippen molar-refractivity contribution in [1.82, 2.24) is 4.98 Å². The number of hydrogen-bond acceptors (Lipinski definition) is 7. The number of rotatable bonds is 4. The molecule has 7 heteroatoms. The zero-order valence-electron chi connectivity index (χ0n) is 12.0. The van der Waals surface area contributed by atoms with Crippen LogP contribution in [0.3, 0.4) is 0 Å². The molecule has 0 saturated heterocycles. The van der Waals surface area contributed by atoms with Gasteiger partial charge < -0.3 is 10.5 Å². The molecule has 0 bridgehead atoms. The number of benzene rings is 1. The molecule has 0 radical (unpaired) electrons. The smallest absolute Gasteiger partial charge is 0.308 e. The Labute approximate surface area is 126 Å². The first-order valence-corrected chi connectivity index (χ1v) is 7.13. The Morgan fingerprint density at radius 2 is 2.10 bits per heavy atom. The van der Waals surface area contributed by atoms with E-state index < -0.39 is 0 Å². The van der Waals surface area contributed by atoms with Crippen molar-refractivity contribution in [3.05, 3.63) is 34.2 Å². The van der Waals surface area contributed by atoms with Gasteiger partial charge in [0.25, 0.3) is 0 Å². The van der Waals surface area contributed by atoms with Crippen molar-refractivity contribution in [3.63, 3.8) is 0 Å². The minimum absolute atomic E-state index is 0.328. The number of carbonyl (C=O) groups is 1. The van der Waals surface area contributed by atoms with Crippen LogP contribution in [0.2, 0.25) is 0 Å². The van der Waals surface area contributed by atoms with E-state index in [1.807, 2.05) is 26.0 Å². The van der Waals surface area contributed by atoms with E-state index in [0.29, 0.717) is 16.7 Å². The Bertz CT molecular complexity index is 671. The highest BCUT2D eigenvalue weighted by atomic mass is 32.1. The summed E-state index contributed by atoms with van der Waals surface area (Å²) in [5.74, 6) is 0.737. The zero-order chi connectivity index (χ0) is 15.4. The number of carbonyl (C=O) groups excluding carboxylic acids is 1. The van der Waals surface area contributed by atoms with Crippen molar-refractivity contribution in [2.75, 3.05) is 11.2 Å². The Kier molecular flexibility index (Phi) is 4.54. The van der Waals surface area contributed by atoms with Crippen molar-refractivity contribution in [2.24, 2.45) is 5.10 Å². The molecule has 1 heterocycles. The number of ether oxygens (including phenoxy) is 1. The predicted octanol–water partition coefficient (Wildman–Crippen LogP) is 2.71. The SMILES string of the molecule is CC(=O)Oc1c(C)cc(C=NNc2nc(N)cs2)cc1C. The van der Waals surface area contributed by atoms with Crippen LogP contribution < -0.4 is 15.9 Å². The van der Waals surface area contributed by atoms with Crippen LogP contribution in [-0.2, 0) is 4.79 Å². The fourth-order valence-electron chi connectivity index (χ4n) is 1.86. The van der Waals surface area contributed by atoms with Crippen molar-refractivity contribution in [1.29, 1.82) is 0 Å². The number of aromatic nitrogens is 1. The second-order valence-electron chi connectivity index (χ2n) is 4.52. The van der Waals surface area contributed by atoms with Gasteiger partial charge in [0, 0.05) is 12.3 Å². The topological polar surface area (TPSA) is 89.6 Å². The van der Waals surface area contributed by atoms with Crippen molar-refractivity contribution < 1.29 is 9.53 Å². The lowest BCUT2D eigenvalue weighted by atomic mass is 10.1. The van der Waals surface area contributed by atoms with Gasteiger partial charge in [0.2, 0.25) is 5.13 Å². The van der Waals surface area contributed by atoms with Crippen LogP contribution in [0.4, 0.5) is 10.9 Å². The molecule has 21 heavy (non-hydrogen) atoms. The van der Waals surface area contributed by atoms with Crippen LogP contribution in [0.5, 0.6) is 5.75 Å². The maximum atomic E-state index is 11.1. The normalized spacial score (nSPS) is 10.8. The summed E-state index contributed by atoms with van der Waals surface area (Å²) in [5, 5.41) is 6.48. The van der Waals surface area contributed by atoms with Crippen LogP contribution in [0, 0.1) is 13.8 Å². The van der Waals surface area contributed by atoms with Crippen molar-refractivity contribution in [3.8, 4) is 5.75 Å². The van der Waals surface area contributed by atoms with Gasteiger partial charge in [-0.25, -0.2) is 4.98 Å². The number of nitrogen functional groups attached to an aromatic ring is 1. The summed E-state index contributed by atoms with van der Waals surface area (Å²) in [5.41, 5.74) is 11.0. The predicted molar refractivity (Wildman–Crippen MR) is 85.0 cm³/mol. The summed E-state index contributed by atoms with van der Waals surface area (Å²) in [6, 6.07) is 3.79. The van der Waals surface area contributed by atoms with Crippen molar-refractivity contribution >= 4 is 34.5 Å². The van der Waals surface area contributed by atoms with Crippen LogP contribution in [0.15, 0.2) is 22.6 Å². The first kappa shape index (κ1) is 15.0. The van der Waals surface area contributed by atoms with Gasteiger partial charge in [-0.15, -0.1) is 11.3 Å². The third-order valence-corrected chi connectivity index (χ3v) is 3.39. The molecule has 0 unspecified atom stereocenters. The van der Waals surface area contributed by atoms with Gasteiger partial charge in [-0.1, -0.05) is 0 Å². The summed E-state index contributed by atoms with van der Waals surface area (Å²) in [6.07, 6.45) is 1.68. The molecular weight excluding hydrogens is 288 g/mol. The van der Waals surface area contributed by atoms with E-state index in [2.05, 4.69) is 15.5 Å². The Morgan fingerprint density at radius 3 is 2.62 bits per heavy atom. The molecule has 0 aliphatic heterocycles. The van der Waals surface area contributed by atoms with E-state index in [9.17, 15) is 4.79 Å². The minimum Gasteiger partial charge on any atom is -0.426 e. The lowest BCUT2D eigenvalue weighted by molar-refractivity contribution is -0.131. The average molecular weight is 304 g/mol. The molecule has 110 valence electrons. The van der Waals surface area contributed by atoms with E-state index in [0.717, 1.165) is 16.7 Å². The van der Waals surface area contributed by atoms with Crippen molar-refractivity contribution in [2.45, 2.75) is 20.8 Å². The molecule has 0 aliphatic carbocycles. The Hall–Kier alpha value is -2.41. The van der Waals surface area contributed by atoms with Crippen LogP contribution in [0.25, 0.3) is 0 Å². The lowest BCUT2D eigenvalue weighted by Gasteiger charge is -2.09. The van der Waals surface area contributed by atoms with E-state index in [-0.39, 0.29) is 5.97 Å². The molecule has 6 nitrogen and oxygen atoms in total. The molecule has 0 aliphatic rings. The third-order valence-electron chi connectivity index (χ3n) is 2.62. The molecule has 0 atom stereocenters. The van der Waals surface area contributed by atoms with Crippen LogP contribution in [0.1, 0.15) is 23.6 Å². The number of esters is 1. The molecule has 0 amide bonds. The summed E-state index contributed by atoms with van der Waals surface area (Å²) in [7, 11) is 0. The molecule has 2 aromatic rings. The fraction of sp³-hybridized carbons (Fsp3) is 0.214. The van der Waals surface area contributed by atoms with E-state index in [1.165, 1.54) is 18.3 Å². The van der Waals surface area contributed by atoms with Crippen LogP contribution >= 0.6 is 11.3 Å². The zero-order valence-corrected chi connectivity index (χ0v) is 12.8. The fourth-order valence-corrected chi connectivity index (χ4v) is 2.41. The molecule has 2 rings (SSSR count). The van der Waals surface area contributed by atoms with Gasteiger partial charge in [0.05, 0.1) is 6.21 Å². The number of nitrogens with two attached hydrogens (primary N) is 1. The van der Waals surface area contributed by atoms with Gasteiger partial charge in [-0.05, 0) is 42.7 Å². The highest BCUT2D eigenvalue weighted by molar-refractivity contribution is 7.14. The van der Waals surface area contributed by atoms with Gasteiger partial charge in [-0.3, -0.25) is 10.2 Å². The standard InChI is InChI=1S/C14H16N4O2S/c1-8-4-11(5-9(2)13(8)20-10(3)19)6-16-18-14-17-12(15)7-21-14/h4-7H,15H2,1-3H3,(H,17,18). The Balaban J connectivity index is 2.12. The molecule has 1 aromatic carbocycles. The molecule has 0 fully saturated rings. The average Bonchev–Trinajstić information content (AvgIpc) is 2.79. The maximum absolute atomic E-state index is 11.1. The monoisotopic (exact) mass is 304 g/mol. The first-order valence-electron chi connectivity index (χ1n) is 6.25. The second-order valence-corrected chi connectivity index (χ2v) is 5.38. The second kappa shape index (κ2) is 6.36. The van der Waals surface area contributed by atoms with Gasteiger partial charge in [0.1, 0.15) is 11.6 Å².